The lowest BCUT2D eigenvalue weighted by Gasteiger charge is -2.25. The molecule has 0 saturated carbocycles. The summed E-state index contributed by atoms with van der Waals surface area (Å²) in [6, 6.07) is 4.09. The maximum Gasteiger partial charge on any atom is 0.225 e. The van der Waals surface area contributed by atoms with Crippen LogP contribution in [0.2, 0.25) is 0 Å². The first kappa shape index (κ1) is 18.4. The summed E-state index contributed by atoms with van der Waals surface area (Å²) in [5, 5.41) is 8.33. The fourth-order valence-corrected chi connectivity index (χ4v) is 3.95. The number of thiazole rings is 1. The maximum atomic E-state index is 12.2. The molecule has 1 aliphatic rings. The lowest BCUT2D eigenvalue weighted by atomic mass is 10.2. The van der Waals surface area contributed by atoms with Crippen LogP contribution in [0.4, 0.5) is 0 Å². The van der Waals surface area contributed by atoms with Crippen molar-refractivity contribution in [2.45, 2.75) is 19.1 Å². The Balaban J connectivity index is 0.00000192. The van der Waals surface area contributed by atoms with Crippen molar-refractivity contribution >= 4 is 41.0 Å². The number of halogens is 1. The van der Waals surface area contributed by atoms with E-state index in [1.165, 1.54) is 4.88 Å². The van der Waals surface area contributed by atoms with Gasteiger partial charge in [-0.25, -0.2) is 4.98 Å². The number of carbonyl (C=O) groups is 1. The predicted octanol–water partition coefficient (Wildman–Crippen LogP) is 2.63. The van der Waals surface area contributed by atoms with Crippen LogP contribution in [0.3, 0.4) is 0 Å². The van der Waals surface area contributed by atoms with Crippen molar-refractivity contribution in [3.05, 3.63) is 28.6 Å². The first-order valence-corrected chi connectivity index (χ1v) is 9.03. The third-order valence-electron chi connectivity index (χ3n) is 3.52. The van der Waals surface area contributed by atoms with E-state index >= 15 is 0 Å². The molecule has 3 heterocycles. The largest absolute Gasteiger partial charge is 0.375 e. The lowest BCUT2D eigenvalue weighted by Crippen LogP contribution is -2.41. The zero-order valence-electron chi connectivity index (χ0n) is 12.9. The third kappa shape index (κ3) is 4.99. The number of ether oxygens (including phenoxy) is 1. The first-order valence-electron chi connectivity index (χ1n) is 7.27. The second-order valence-electron chi connectivity index (χ2n) is 5.27. The van der Waals surface area contributed by atoms with Crippen molar-refractivity contribution < 1.29 is 9.53 Å². The van der Waals surface area contributed by atoms with Crippen LogP contribution in [0.1, 0.15) is 12.1 Å². The summed E-state index contributed by atoms with van der Waals surface area (Å²) in [5.41, 5.74) is 0.937. The summed E-state index contributed by atoms with van der Waals surface area (Å²) >= 11 is 3.31. The van der Waals surface area contributed by atoms with Crippen molar-refractivity contribution in [2.24, 2.45) is 0 Å². The monoisotopic (exact) mass is 373 g/mol. The highest BCUT2D eigenvalue weighted by atomic mass is 35.5. The molecule has 3 rings (SSSR count). The predicted molar refractivity (Wildman–Crippen MR) is 96.4 cm³/mol. The number of amides is 1. The molecule has 1 fully saturated rings. The van der Waals surface area contributed by atoms with E-state index in [1.807, 2.05) is 23.9 Å². The number of hydrogen-bond donors (Lipinski definition) is 1. The number of nitrogens with zero attached hydrogens (tertiary/aromatic N) is 2. The number of thiophene rings is 1. The lowest BCUT2D eigenvalue weighted by molar-refractivity contribution is -0.134. The molecule has 1 unspecified atom stereocenters. The van der Waals surface area contributed by atoms with Crippen LogP contribution in [0, 0.1) is 0 Å². The molecule has 8 heteroatoms. The van der Waals surface area contributed by atoms with Gasteiger partial charge >= 0.3 is 0 Å². The van der Waals surface area contributed by atoms with Crippen LogP contribution in [0.25, 0.3) is 9.88 Å². The molecule has 1 amide bonds. The van der Waals surface area contributed by atoms with Crippen LogP contribution >= 0.6 is 35.1 Å². The number of hydrogen-bond acceptors (Lipinski definition) is 6. The third-order valence-corrected chi connectivity index (χ3v) is 5.45. The second-order valence-corrected chi connectivity index (χ2v) is 7.08. The normalized spacial score (nSPS) is 17.5. The maximum absolute atomic E-state index is 12.2. The van der Waals surface area contributed by atoms with E-state index in [-0.39, 0.29) is 24.4 Å². The van der Waals surface area contributed by atoms with Gasteiger partial charge in [0.05, 0.1) is 36.2 Å². The van der Waals surface area contributed by atoms with E-state index in [4.69, 9.17) is 4.74 Å². The Morgan fingerprint density at radius 3 is 3.09 bits per heavy atom. The number of morpholine rings is 1. The van der Waals surface area contributed by atoms with Crippen molar-refractivity contribution in [1.82, 2.24) is 15.2 Å². The molecule has 0 spiro atoms. The van der Waals surface area contributed by atoms with E-state index < -0.39 is 0 Å². The number of carbonyl (C=O) groups excluding carboxylic acids is 1. The molecule has 1 N–H and O–H groups in total. The van der Waals surface area contributed by atoms with E-state index in [0.29, 0.717) is 19.6 Å². The molecule has 2 aromatic heterocycles. The molecule has 0 radical (unpaired) electrons. The Labute approximate surface area is 150 Å². The fourth-order valence-electron chi connectivity index (χ4n) is 2.33. The summed E-state index contributed by atoms with van der Waals surface area (Å²) in [5.74, 6) is 0.0966. The quantitative estimate of drug-likeness (QED) is 0.875. The van der Waals surface area contributed by atoms with Crippen molar-refractivity contribution in [3.8, 4) is 9.88 Å². The Hall–Kier alpha value is -0.990. The van der Waals surface area contributed by atoms with E-state index in [2.05, 4.69) is 16.4 Å². The van der Waals surface area contributed by atoms with Gasteiger partial charge in [0.2, 0.25) is 5.91 Å². The minimum atomic E-state index is -0.0131. The van der Waals surface area contributed by atoms with Crippen LogP contribution in [0.15, 0.2) is 22.9 Å². The Bertz CT molecular complexity index is 612. The molecule has 5 nitrogen and oxygen atoms in total. The molecule has 1 atom stereocenters. The van der Waals surface area contributed by atoms with Gasteiger partial charge in [-0.3, -0.25) is 4.79 Å². The van der Waals surface area contributed by atoms with Gasteiger partial charge in [-0.15, -0.1) is 35.1 Å². The van der Waals surface area contributed by atoms with Gasteiger partial charge in [-0.1, -0.05) is 6.07 Å². The fraction of sp³-hybridized carbons (Fsp3) is 0.467. The average molecular weight is 374 g/mol. The molecule has 0 aliphatic carbocycles. The van der Waals surface area contributed by atoms with E-state index in [1.54, 1.807) is 27.6 Å². The van der Waals surface area contributed by atoms with Gasteiger partial charge in [0, 0.05) is 25.5 Å². The average Bonchev–Trinajstić information content (AvgIpc) is 3.19. The highest BCUT2D eigenvalue weighted by Gasteiger charge is 2.20. The van der Waals surface area contributed by atoms with Gasteiger partial charge in [-0.2, -0.15) is 0 Å². The zero-order chi connectivity index (χ0) is 15.4. The molecule has 1 saturated heterocycles. The second kappa shape index (κ2) is 8.75. The van der Waals surface area contributed by atoms with Gasteiger partial charge < -0.3 is 15.0 Å². The molecule has 1 aliphatic heterocycles. The summed E-state index contributed by atoms with van der Waals surface area (Å²) in [6.07, 6.45) is 0.409. The van der Waals surface area contributed by atoms with Gasteiger partial charge in [0.1, 0.15) is 5.01 Å². The molecule has 126 valence electrons. The number of aromatic nitrogens is 1. The van der Waals surface area contributed by atoms with E-state index in [0.717, 1.165) is 23.8 Å². The van der Waals surface area contributed by atoms with Crippen LogP contribution in [0.5, 0.6) is 0 Å². The molecular weight excluding hydrogens is 354 g/mol. The van der Waals surface area contributed by atoms with Crippen molar-refractivity contribution in [2.75, 3.05) is 26.7 Å². The number of rotatable bonds is 5. The SMILES string of the molecule is CN(Cc1csc(-c2cccs2)n1)C(=O)CC1CNCCO1.Cl. The summed E-state index contributed by atoms with van der Waals surface area (Å²) in [4.78, 5) is 19.8. The summed E-state index contributed by atoms with van der Waals surface area (Å²) < 4.78 is 5.58. The van der Waals surface area contributed by atoms with Gasteiger partial charge in [0.15, 0.2) is 0 Å². The molecule has 0 aromatic carbocycles. The molecule has 0 bridgehead atoms. The standard InChI is InChI=1S/C15H19N3O2S2.ClH/c1-18(14(19)7-12-8-16-4-5-20-12)9-11-10-22-15(17-11)13-3-2-6-21-13;/h2-3,6,10,12,16H,4-5,7-9H2,1H3;1H. The Morgan fingerprint density at radius 2 is 2.39 bits per heavy atom. The number of nitrogens with one attached hydrogen (secondary N) is 1. The minimum Gasteiger partial charge on any atom is -0.375 e. The highest BCUT2D eigenvalue weighted by molar-refractivity contribution is 7.20. The summed E-state index contributed by atoms with van der Waals surface area (Å²) in [7, 11) is 1.82. The first-order chi connectivity index (χ1) is 10.7. The molecule has 2 aromatic rings. The van der Waals surface area contributed by atoms with Crippen molar-refractivity contribution in [3.63, 3.8) is 0 Å². The zero-order valence-corrected chi connectivity index (χ0v) is 15.3. The van der Waals surface area contributed by atoms with Crippen LogP contribution in [-0.2, 0) is 16.1 Å². The van der Waals surface area contributed by atoms with Crippen LogP contribution in [-0.4, -0.2) is 48.6 Å². The summed E-state index contributed by atoms with van der Waals surface area (Å²) in [6.45, 7) is 2.84. The molecular formula is C15H20ClN3O2S2. The Kier molecular flexibility index (Phi) is 6.98. The van der Waals surface area contributed by atoms with Gasteiger partial charge in [0.25, 0.3) is 0 Å². The van der Waals surface area contributed by atoms with E-state index in [9.17, 15) is 4.79 Å². The topological polar surface area (TPSA) is 54.5 Å². The minimum absolute atomic E-state index is 0. The van der Waals surface area contributed by atoms with Crippen LogP contribution < -0.4 is 5.32 Å². The molecule has 23 heavy (non-hydrogen) atoms. The van der Waals surface area contributed by atoms with Crippen molar-refractivity contribution in [1.29, 1.82) is 0 Å². The van der Waals surface area contributed by atoms with Gasteiger partial charge in [-0.05, 0) is 11.4 Å². The Morgan fingerprint density at radius 1 is 1.52 bits per heavy atom. The smallest absolute Gasteiger partial charge is 0.225 e. The highest BCUT2D eigenvalue weighted by Crippen LogP contribution is 2.28.